The van der Waals surface area contributed by atoms with E-state index in [0.29, 0.717) is 5.92 Å². The molecule has 0 aliphatic heterocycles. The Bertz CT molecular complexity index is 472. The standard InChI is InChI=1S/C11H13FN2.C2H6/c1-7(2)11-9-4-8(3)5-10(12)14(9)6-13-11;1-2/h4-7H,1-3H3;1-2H3. The highest BCUT2D eigenvalue weighted by Crippen LogP contribution is 2.20. The molecule has 0 radical (unpaired) electrons. The maximum absolute atomic E-state index is 13.4. The van der Waals surface area contributed by atoms with Gasteiger partial charge in [-0.25, -0.2) is 4.98 Å². The van der Waals surface area contributed by atoms with Gasteiger partial charge in [0.1, 0.15) is 6.33 Å². The number of aryl methyl sites for hydroxylation is 1. The van der Waals surface area contributed by atoms with E-state index in [1.807, 2.05) is 26.8 Å². The summed E-state index contributed by atoms with van der Waals surface area (Å²) in [7, 11) is 0. The van der Waals surface area contributed by atoms with Crippen LogP contribution >= 0.6 is 0 Å². The van der Waals surface area contributed by atoms with E-state index < -0.39 is 0 Å². The number of nitrogens with zero attached hydrogens (tertiary/aromatic N) is 2. The summed E-state index contributed by atoms with van der Waals surface area (Å²) >= 11 is 0. The highest BCUT2D eigenvalue weighted by atomic mass is 19.1. The zero-order chi connectivity index (χ0) is 12.3. The lowest BCUT2D eigenvalue weighted by molar-refractivity contribution is 0.566. The quantitative estimate of drug-likeness (QED) is 0.668. The smallest absolute Gasteiger partial charge is 0.199 e. The Labute approximate surface area is 96.1 Å². The minimum Gasteiger partial charge on any atom is -0.275 e. The largest absolute Gasteiger partial charge is 0.275 e. The van der Waals surface area contributed by atoms with Gasteiger partial charge >= 0.3 is 0 Å². The van der Waals surface area contributed by atoms with E-state index in [1.165, 1.54) is 10.5 Å². The Hall–Kier alpha value is -1.38. The lowest BCUT2D eigenvalue weighted by Gasteiger charge is -2.03. The van der Waals surface area contributed by atoms with Crippen molar-refractivity contribution >= 4 is 5.52 Å². The van der Waals surface area contributed by atoms with Crippen molar-refractivity contribution in [3.05, 3.63) is 35.7 Å². The molecule has 2 aromatic rings. The van der Waals surface area contributed by atoms with Crippen LogP contribution in [0.4, 0.5) is 4.39 Å². The first-order valence-corrected chi connectivity index (χ1v) is 5.72. The molecular weight excluding hydrogens is 203 g/mol. The molecule has 0 aromatic carbocycles. The fraction of sp³-hybridized carbons (Fsp3) is 0.462. The number of hydrogen-bond donors (Lipinski definition) is 0. The van der Waals surface area contributed by atoms with Gasteiger partial charge in [0.15, 0.2) is 5.95 Å². The van der Waals surface area contributed by atoms with E-state index in [1.54, 1.807) is 6.33 Å². The second-order valence-corrected chi connectivity index (χ2v) is 3.90. The van der Waals surface area contributed by atoms with Crippen molar-refractivity contribution in [1.29, 1.82) is 0 Å². The van der Waals surface area contributed by atoms with E-state index in [9.17, 15) is 4.39 Å². The summed E-state index contributed by atoms with van der Waals surface area (Å²) in [5, 5.41) is 0. The van der Waals surface area contributed by atoms with Crippen molar-refractivity contribution in [2.24, 2.45) is 0 Å². The van der Waals surface area contributed by atoms with Crippen LogP contribution in [-0.4, -0.2) is 9.38 Å². The Morgan fingerprint density at radius 3 is 2.44 bits per heavy atom. The van der Waals surface area contributed by atoms with Crippen LogP contribution in [0.15, 0.2) is 18.5 Å². The predicted molar refractivity (Wildman–Crippen MR) is 65.3 cm³/mol. The number of fused-ring (bicyclic) bond motifs is 1. The summed E-state index contributed by atoms with van der Waals surface area (Å²) in [6, 6.07) is 3.48. The minimum absolute atomic E-state index is 0.251. The summed E-state index contributed by atoms with van der Waals surface area (Å²) in [6.45, 7) is 10.0. The molecule has 3 heteroatoms. The van der Waals surface area contributed by atoms with E-state index >= 15 is 0 Å². The third-order valence-corrected chi connectivity index (χ3v) is 2.32. The average molecular weight is 222 g/mol. The topological polar surface area (TPSA) is 17.3 Å². The number of hydrogen-bond acceptors (Lipinski definition) is 1. The summed E-state index contributed by atoms with van der Waals surface area (Å²) in [4.78, 5) is 4.22. The van der Waals surface area contributed by atoms with Gasteiger partial charge in [-0.15, -0.1) is 0 Å². The Morgan fingerprint density at radius 1 is 1.25 bits per heavy atom. The second kappa shape index (κ2) is 5.10. The molecule has 2 aromatic heterocycles. The first-order valence-electron chi connectivity index (χ1n) is 5.72. The van der Waals surface area contributed by atoms with Gasteiger partial charge in [-0.3, -0.25) is 4.40 Å². The Balaban J connectivity index is 0.000000606. The van der Waals surface area contributed by atoms with Crippen LogP contribution in [0.5, 0.6) is 0 Å². The predicted octanol–water partition coefficient (Wildman–Crippen LogP) is 3.93. The monoisotopic (exact) mass is 222 g/mol. The molecule has 0 saturated heterocycles. The van der Waals surface area contributed by atoms with Crippen LogP contribution < -0.4 is 0 Å². The van der Waals surface area contributed by atoms with Gasteiger partial charge in [0.05, 0.1) is 11.2 Å². The molecule has 2 nitrogen and oxygen atoms in total. The molecule has 0 atom stereocenters. The van der Waals surface area contributed by atoms with Gasteiger partial charge in [0.25, 0.3) is 0 Å². The first kappa shape index (κ1) is 12.7. The molecule has 0 bridgehead atoms. The molecule has 2 heterocycles. The van der Waals surface area contributed by atoms with Gasteiger partial charge in [-0.2, -0.15) is 4.39 Å². The fourth-order valence-electron chi connectivity index (χ4n) is 1.64. The number of pyridine rings is 1. The maximum atomic E-state index is 13.4. The highest BCUT2D eigenvalue weighted by molar-refractivity contribution is 5.55. The Morgan fingerprint density at radius 2 is 1.88 bits per heavy atom. The third kappa shape index (κ3) is 2.23. The number of halogens is 1. The summed E-state index contributed by atoms with van der Waals surface area (Å²) in [6.07, 6.45) is 1.54. The average Bonchev–Trinajstić information content (AvgIpc) is 2.64. The number of aromatic nitrogens is 2. The van der Waals surface area contributed by atoms with Crippen molar-refractivity contribution in [3.8, 4) is 0 Å². The Kier molecular flexibility index (Phi) is 4.05. The van der Waals surface area contributed by atoms with Crippen molar-refractivity contribution < 1.29 is 4.39 Å². The molecule has 0 unspecified atom stereocenters. The molecule has 0 amide bonds. The molecule has 16 heavy (non-hydrogen) atoms. The van der Waals surface area contributed by atoms with E-state index in [0.717, 1.165) is 16.8 Å². The van der Waals surface area contributed by atoms with Crippen LogP contribution in [0.25, 0.3) is 5.52 Å². The normalized spacial score (nSPS) is 10.4. The fourth-order valence-corrected chi connectivity index (χ4v) is 1.64. The second-order valence-electron chi connectivity index (χ2n) is 3.90. The first-order chi connectivity index (χ1) is 7.59. The van der Waals surface area contributed by atoms with Crippen molar-refractivity contribution in [2.75, 3.05) is 0 Å². The molecule has 0 fully saturated rings. The third-order valence-electron chi connectivity index (χ3n) is 2.32. The van der Waals surface area contributed by atoms with Crippen molar-refractivity contribution in [2.45, 2.75) is 40.5 Å². The maximum Gasteiger partial charge on any atom is 0.199 e. The highest BCUT2D eigenvalue weighted by Gasteiger charge is 2.10. The van der Waals surface area contributed by atoms with E-state index in [4.69, 9.17) is 0 Å². The van der Waals surface area contributed by atoms with Crippen LogP contribution in [0.1, 0.15) is 44.9 Å². The molecule has 0 N–H and O–H groups in total. The minimum atomic E-state index is -0.251. The molecule has 88 valence electrons. The molecule has 0 aliphatic carbocycles. The van der Waals surface area contributed by atoms with Gasteiger partial charge in [-0.05, 0) is 30.5 Å². The van der Waals surface area contributed by atoms with Crippen molar-refractivity contribution in [1.82, 2.24) is 9.38 Å². The molecule has 0 spiro atoms. The van der Waals surface area contributed by atoms with Gasteiger partial charge in [-0.1, -0.05) is 27.7 Å². The lowest BCUT2D eigenvalue weighted by atomic mass is 10.1. The van der Waals surface area contributed by atoms with Gasteiger partial charge in [0.2, 0.25) is 0 Å². The molecular formula is C13H19FN2. The van der Waals surface area contributed by atoms with E-state index in [-0.39, 0.29) is 5.95 Å². The summed E-state index contributed by atoms with van der Waals surface area (Å²) in [5.74, 6) is 0.0700. The van der Waals surface area contributed by atoms with Gasteiger partial charge < -0.3 is 0 Å². The van der Waals surface area contributed by atoms with Gasteiger partial charge in [0, 0.05) is 0 Å². The van der Waals surface area contributed by atoms with Crippen LogP contribution in [0.3, 0.4) is 0 Å². The van der Waals surface area contributed by atoms with Crippen LogP contribution in [-0.2, 0) is 0 Å². The summed E-state index contributed by atoms with van der Waals surface area (Å²) < 4.78 is 14.9. The van der Waals surface area contributed by atoms with E-state index in [2.05, 4.69) is 18.8 Å². The zero-order valence-electron chi connectivity index (χ0n) is 10.6. The van der Waals surface area contributed by atoms with Crippen LogP contribution in [0, 0.1) is 12.9 Å². The summed E-state index contributed by atoms with van der Waals surface area (Å²) in [5.41, 5.74) is 2.75. The number of imidazole rings is 1. The lowest BCUT2D eigenvalue weighted by Crippen LogP contribution is -1.94. The number of rotatable bonds is 1. The molecule has 0 saturated carbocycles. The SMILES string of the molecule is CC.Cc1cc(F)n2cnc(C(C)C)c2c1. The van der Waals surface area contributed by atoms with Crippen LogP contribution in [0.2, 0.25) is 0 Å². The van der Waals surface area contributed by atoms with Crippen molar-refractivity contribution in [3.63, 3.8) is 0 Å². The molecule has 2 rings (SSSR count). The zero-order valence-corrected chi connectivity index (χ0v) is 10.6. The molecule has 0 aliphatic rings.